The molecule has 1 aromatic rings. The molecule has 7 heteroatoms. The van der Waals surface area contributed by atoms with Crippen LogP contribution >= 0.6 is 0 Å². The molecular weight excluding hydrogens is 288 g/mol. The number of aliphatic hydroxyl groups excluding tert-OH is 1. The highest BCUT2D eigenvalue weighted by atomic mass is 16.6. The van der Waals surface area contributed by atoms with Gasteiger partial charge in [-0.25, -0.2) is 0 Å². The lowest BCUT2D eigenvalue weighted by molar-refractivity contribution is -0.385. The summed E-state index contributed by atoms with van der Waals surface area (Å²) in [5.41, 5.74) is 0.396. The van der Waals surface area contributed by atoms with Crippen LogP contribution in [0.5, 0.6) is 5.75 Å². The van der Waals surface area contributed by atoms with Crippen LogP contribution < -0.4 is 4.74 Å². The monoisotopic (exact) mass is 308 g/mol. The molecule has 120 valence electrons. The summed E-state index contributed by atoms with van der Waals surface area (Å²) >= 11 is 0. The standard InChI is InChI=1S/C15H20N2O5/c1-3-10-22-14-6-4-12(11-13(14)17(20)21)5-7-15(19)16(2)8-9-18/h4-7,11,18H,3,8-10H2,1-2H3/b7-5+. The number of nitrogens with zero attached hydrogens (tertiary/aromatic N) is 2. The highest BCUT2D eigenvalue weighted by Gasteiger charge is 2.15. The van der Waals surface area contributed by atoms with Gasteiger partial charge >= 0.3 is 5.69 Å². The second kappa shape index (κ2) is 8.78. The average molecular weight is 308 g/mol. The zero-order valence-electron chi connectivity index (χ0n) is 12.7. The van der Waals surface area contributed by atoms with Crippen LogP contribution in [0.25, 0.3) is 6.08 Å². The average Bonchev–Trinajstić information content (AvgIpc) is 2.50. The van der Waals surface area contributed by atoms with E-state index in [0.717, 1.165) is 6.42 Å². The Morgan fingerprint density at radius 3 is 2.82 bits per heavy atom. The van der Waals surface area contributed by atoms with Crippen molar-refractivity contribution in [3.63, 3.8) is 0 Å². The Kier molecular flexibility index (Phi) is 7.04. The van der Waals surface area contributed by atoms with Crippen molar-refractivity contribution in [2.45, 2.75) is 13.3 Å². The van der Waals surface area contributed by atoms with E-state index in [9.17, 15) is 14.9 Å². The third kappa shape index (κ3) is 5.17. The molecule has 0 spiro atoms. The van der Waals surface area contributed by atoms with Crippen LogP contribution in [0.1, 0.15) is 18.9 Å². The van der Waals surface area contributed by atoms with E-state index in [1.807, 2.05) is 6.92 Å². The minimum atomic E-state index is -0.512. The maximum absolute atomic E-state index is 11.7. The number of ether oxygens (including phenoxy) is 1. The largest absolute Gasteiger partial charge is 0.487 e. The predicted octanol–water partition coefficient (Wildman–Crippen LogP) is 1.85. The summed E-state index contributed by atoms with van der Waals surface area (Å²) in [5, 5.41) is 19.8. The van der Waals surface area contributed by atoms with Gasteiger partial charge in [0.05, 0.1) is 18.1 Å². The smallest absolute Gasteiger partial charge is 0.311 e. The molecule has 0 aliphatic rings. The van der Waals surface area contributed by atoms with E-state index in [4.69, 9.17) is 9.84 Å². The molecule has 0 unspecified atom stereocenters. The quantitative estimate of drug-likeness (QED) is 0.449. The zero-order chi connectivity index (χ0) is 16.5. The van der Waals surface area contributed by atoms with Crippen molar-refractivity contribution < 1.29 is 19.6 Å². The second-order valence-electron chi connectivity index (χ2n) is 4.65. The molecule has 0 aliphatic heterocycles. The van der Waals surface area contributed by atoms with Crippen molar-refractivity contribution in [3.05, 3.63) is 40.0 Å². The number of carbonyl (C=O) groups is 1. The molecule has 7 nitrogen and oxygen atoms in total. The summed E-state index contributed by atoms with van der Waals surface area (Å²) in [6.45, 7) is 2.43. The van der Waals surface area contributed by atoms with E-state index >= 15 is 0 Å². The molecule has 22 heavy (non-hydrogen) atoms. The maximum atomic E-state index is 11.7. The molecule has 0 aliphatic carbocycles. The van der Waals surface area contributed by atoms with Gasteiger partial charge in [-0.05, 0) is 24.1 Å². The summed E-state index contributed by atoms with van der Waals surface area (Å²) in [4.78, 5) is 23.6. The van der Waals surface area contributed by atoms with E-state index in [2.05, 4.69) is 0 Å². The number of amides is 1. The minimum Gasteiger partial charge on any atom is -0.487 e. The normalized spacial score (nSPS) is 10.7. The van der Waals surface area contributed by atoms with E-state index < -0.39 is 4.92 Å². The van der Waals surface area contributed by atoms with Gasteiger partial charge in [-0.2, -0.15) is 0 Å². The van der Waals surface area contributed by atoms with Gasteiger partial charge in [0.1, 0.15) is 0 Å². The third-order valence-electron chi connectivity index (χ3n) is 2.87. The Labute approximate surface area is 129 Å². The van der Waals surface area contributed by atoms with Crippen LogP contribution in [0.15, 0.2) is 24.3 Å². The molecule has 0 radical (unpaired) electrons. The summed E-state index contributed by atoms with van der Waals surface area (Å²) in [6, 6.07) is 4.53. The summed E-state index contributed by atoms with van der Waals surface area (Å²) in [6.07, 6.45) is 3.55. The molecule has 0 aromatic heterocycles. The number of aliphatic hydroxyl groups is 1. The first-order valence-electron chi connectivity index (χ1n) is 6.94. The number of benzene rings is 1. The van der Waals surface area contributed by atoms with Crippen molar-refractivity contribution in [2.75, 3.05) is 26.8 Å². The molecule has 0 atom stereocenters. The van der Waals surface area contributed by atoms with Gasteiger partial charge in [0.25, 0.3) is 0 Å². The molecule has 0 fully saturated rings. The van der Waals surface area contributed by atoms with Crippen molar-refractivity contribution in [3.8, 4) is 5.75 Å². The lowest BCUT2D eigenvalue weighted by Crippen LogP contribution is -2.27. The molecule has 1 rings (SSSR count). The molecular formula is C15H20N2O5. The number of nitro groups is 1. The van der Waals surface area contributed by atoms with Crippen LogP contribution in [0, 0.1) is 10.1 Å². The fourth-order valence-electron chi connectivity index (χ4n) is 1.67. The first-order chi connectivity index (χ1) is 10.5. The van der Waals surface area contributed by atoms with Gasteiger partial charge in [0.2, 0.25) is 5.91 Å². The van der Waals surface area contributed by atoms with Crippen LogP contribution in [0.2, 0.25) is 0 Å². The van der Waals surface area contributed by atoms with E-state index in [1.165, 1.54) is 29.2 Å². The van der Waals surface area contributed by atoms with Crippen LogP contribution in [-0.4, -0.2) is 47.6 Å². The fourth-order valence-corrected chi connectivity index (χ4v) is 1.67. The molecule has 1 amide bonds. The Morgan fingerprint density at radius 1 is 1.50 bits per heavy atom. The van der Waals surface area contributed by atoms with Gasteiger partial charge < -0.3 is 14.7 Å². The zero-order valence-corrected chi connectivity index (χ0v) is 12.7. The number of likely N-dealkylation sites (N-methyl/N-ethyl adjacent to an activating group) is 1. The number of carbonyl (C=O) groups excluding carboxylic acids is 1. The van der Waals surface area contributed by atoms with Crippen molar-refractivity contribution in [2.24, 2.45) is 0 Å². The molecule has 0 heterocycles. The third-order valence-corrected chi connectivity index (χ3v) is 2.87. The summed E-state index contributed by atoms with van der Waals surface area (Å²) < 4.78 is 5.33. The van der Waals surface area contributed by atoms with E-state index in [-0.39, 0.29) is 30.5 Å². The number of hydrogen-bond donors (Lipinski definition) is 1. The van der Waals surface area contributed by atoms with Gasteiger partial charge in [-0.3, -0.25) is 14.9 Å². The van der Waals surface area contributed by atoms with E-state index in [1.54, 1.807) is 13.1 Å². The number of hydrogen-bond acceptors (Lipinski definition) is 5. The van der Waals surface area contributed by atoms with Crippen LogP contribution in [0.3, 0.4) is 0 Å². The van der Waals surface area contributed by atoms with Crippen molar-refractivity contribution >= 4 is 17.7 Å². The van der Waals surface area contributed by atoms with Gasteiger partial charge in [0.15, 0.2) is 5.75 Å². The number of nitro benzene ring substituents is 1. The highest BCUT2D eigenvalue weighted by molar-refractivity contribution is 5.91. The Bertz CT molecular complexity index is 557. The highest BCUT2D eigenvalue weighted by Crippen LogP contribution is 2.28. The number of rotatable bonds is 8. The molecule has 1 N–H and O–H groups in total. The van der Waals surface area contributed by atoms with Crippen LogP contribution in [0.4, 0.5) is 5.69 Å². The first-order valence-corrected chi connectivity index (χ1v) is 6.94. The van der Waals surface area contributed by atoms with Crippen LogP contribution in [-0.2, 0) is 4.79 Å². The van der Waals surface area contributed by atoms with Gasteiger partial charge in [0, 0.05) is 25.7 Å². The maximum Gasteiger partial charge on any atom is 0.311 e. The van der Waals surface area contributed by atoms with Crippen molar-refractivity contribution in [1.29, 1.82) is 0 Å². The lowest BCUT2D eigenvalue weighted by Gasteiger charge is -2.12. The van der Waals surface area contributed by atoms with E-state index in [0.29, 0.717) is 12.2 Å². The molecule has 0 saturated carbocycles. The predicted molar refractivity (Wildman–Crippen MR) is 82.6 cm³/mol. The molecule has 0 saturated heterocycles. The van der Waals surface area contributed by atoms with Crippen molar-refractivity contribution in [1.82, 2.24) is 4.90 Å². The minimum absolute atomic E-state index is 0.120. The first kappa shape index (κ1) is 17.6. The Balaban J connectivity index is 2.90. The molecule has 0 bridgehead atoms. The SMILES string of the molecule is CCCOc1ccc(/C=C/C(=O)N(C)CCO)cc1[N+](=O)[O-]. The van der Waals surface area contributed by atoms with Gasteiger partial charge in [-0.1, -0.05) is 13.0 Å². The summed E-state index contributed by atoms with van der Waals surface area (Å²) in [7, 11) is 1.56. The topological polar surface area (TPSA) is 92.9 Å². The van der Waals surface area contributed by atoms with Gasteiger partial charge in [-0.15, -0.1) is 0 Å². The lowest BCUT2D eigenvalue weighted by atomic mass is 10.1. The second-order valence-corrected chi connectivity index (χ2v) is 4.65. The Morgan fingerprint density at radius 2 is 2.23 bits per heavy atom. The fraction of sp³-hybridized carbons (Fsp3) is 0.400. The molecule has 1 aromatic carbocycles. The Hall–Kier alpha value is -2.41. The summed E-state index contributed by atoms with van der Waals surface area (Å²) in [5.74, 6) is -0.0734.